The number of hydrogen-bond donors (Lipinski definition) is 1. The minimum atomic E-state index is -3.76. The van der Waals surface area contributed by atoms with Gasteiger partial charge in [-0.3, -0.25) is 4.79 Å². The quantitative estimate of drug-likeness (QED) is 0.591. The monoisotopic (exact) mass is 450 g/mol. The van der Waals surface area contributed by atoms with Crippen molar-refractivity contribution in [3.63, 3.8) is 0 Å². The molecule has 2 aromatic rings. The Morgan fingerprint density at radius 3 is 2.57 bits per heavy atom. The van der Waals surface area contributed by atoms with Crippen molar-refractivity contribution in [3.05, 3.63) is 58.1 Å². The molecular formula is C22H27ClN2O4S. The van der Waals surface area contributed by atoms with Crippen LogP contribution in [-0.4, -0.2) is 44.9 Å². The molecule has 0 fully saturated rings. The van der Waals surface area contributed by atoms with Crippen molar-refractivity contribution < 1.29 is 17.9 Å². The number of benzene rings is 2. The van der Waals surface area contributed by atoms with Gasteiger partial charge in [0.15, 0.2) is 0 Å². The van der Waals surface area contributed by atoms with E-state index >= 15 is 0 Å². The lowest BCUT2D eigenvalue weighted by Gasteiger charge is -2.19. The van der Waals surface area contributed by atoms with Crippen LogP contribution in [0.4, 0.5) is 0 Å². The van der Waals surface area contributed by atoms with Gasteiger partial charge in [-0.05, 0) is 60.7 Å². The van der Waals surface area contributed by atoms with Gasteiger partial charge in [0.2, 0.25) is 10.0 Å². The number of sulfonamides is 1. The first-order chi connectivity index (χ1) is 14.4. The molecule has 6 nitrogen and oxygen atoms in total. The Balaban J connectivity index is 1.60. The van der Waals surface area contributed by atoms with Gasteiger partial charge >= 0.3 is 0 Å². The molecule has 1 aliphatic rings. The van der Waals surface area contributed by atoms with E-state index in [0.29, 0.717) is 26.2 Å². The third kappa shape index (κ3) is 4.96. The van der Waals surface area contributed by atoms with E-state index in [1.165, 1.54) is 40.1 Å². The third-order valence-corrected chi connectivity index (χ3v) is 7.77. The Morgan fingerprint density at radius 1 is 1.10 bits per heavy atom. The van der Waals surface area contributed by atoms with Crippen LogP contribution in [0.5, 0.6) is 5.75 Å². The number of ether oxygens (including phenoxy) is 1. The first-order valence-corrected chi connectivity index (χ1v) is 12.0. The van der Waals surface area contributed by atoms with Gasteiger partial charge in [0.05, 0.1) is 11.6 Å². The minimum Gasteiger partial charge on any atom is -0.492 e. The molecule has 0 bridgehead atoms. The molecule has 0 aromatic heterocycles. The molecule has 0 unspecified atom stereocenters. The van der Waals surface area contributed by atoms with Crippen molar-refractivity contribution >= 4 is 27.5 Å². The standard InChI is InChI=1S/C22H27ClN2O4S/c1-3-25(4-2)30(27,28)21-15-18(9-11-20(21)23)22(26)24-12-13-29-19-10-8-16-6-5-7-17(16)14-19/h8-11,14-15H,3-7,12-13H2,1-2H3,(H,24,26). The van der Waals surface area contributed by atoms with Crippen molar-refractivity contribution in [2.24, 2.45) is 0 Å². The fraction of sp³-hybridized carbons (Fsp3) is 0.409. The van der Waals surface area contributed by atoms with E-state index in [0.717, 1.165) is 18.6 Å². The summed E-state index contributed by atoms with van der Waals surface area (Å²) in [6.07, 6.45) is 3.39. The molecule has 1 aliphatic carbocycles. The van der Waals surface area contributed by atoms with Crippen LogP contribution >= 0.6 is 11.6 Å². The second-order valence-electron chi connectivity index (χ2n) is 7.12. The van der Waals surface area contributed by atoms with Gasteiger partial charge in [0, 0.05) is 18.7 Å². The molecule has 0 aliphatic heterocycles. The van der Waals surface area contributed by atoms with E-state index in [-0.39, 0.29) is 21.4 Å². The van der Waals surface area contributed by atoms with Gasteiger partial charge in [-0.2, -0.15) is 4.31 Å². The molecule has 0 radical (unpaired) electrons. The van der Waals surface area contributed by atoms with Crippen LogP contribution < -0.4 is 10.1 Å². The average molecular weight is 451 g/mol. The van der Waals surface area contributed by atoms with Gasteiger partial charge in [-0.15, -0.1) is 0 Å². The maximum absolute atomic E-state index is 12.8. The second kappa shape index (κ2) is 9.81. The molecule has 1 amide bonds. The van der Waals surface area contributed by atoms with E-state index in [2.05, 4.69) is 17.4 Å². The summed E-state index contributed by atoms with van der Waals surface area (Å²) in [6, 6.07) is 10.4. The summed E-state index contributed by atoms with van der Waals surface area (Å²) in [5.74, 6) is 0.421. The smallest absolute Gasteiger partial charge is 0.251 e. The van der Waals surface area contributed by atoms with Crippen molar-refractivity contribution in [3.8, 4) is 5.75 Å². The molecule has 0 saturated carbocycles. The molecule has 8 heteroatoms. The number of hydrogen-bond acceptors (Lipinski definition) is 4. The van der Waals surface area contributed by atoms with Crippen LogP contribution in [0.2, 0.25) is 5.02 Å². The van der Waals surface area contributed by atoms with Crippen LogP contribution in [0, 0.1) is 0 Å². The van der Waals surface area contributed by atoms with Crippen LogP contribution in [0.15, 0.2) is 41.3 Å². The molecule has 162 valence electrons. The molecule has 0 atom stereocenters. The van der Waals surface area contributed by atoms with Gasteiger partial charge in [-0.1, -0.05) is 31.5 Å². The number of carbonyl (C=O) groups excluding carboxylic acids is 1. The van der Waals surface area contributed by atoms with E-state index in [9.17, 15) is 13.2 Å². The fourth-order valence-electron chi connectivity index (χ4n) is 3.62. The zero-order chi connectivity index (χ0) is 21.7. The van der Waals surface area contributed by atoms with Crippen LogP contribution in [0.25, 0.3) is 0 Å². The van der Waals surface area contributed by atoms with Crippen molar-refractivity contribution in [1.82, 2.24) is 9.62 Å². The van der Waals surface area contributed by atoms with E-state index < -0.39 is 10.0 Å². The zero-order valence-electron chi connectivity index (χ0n) is 17.3. The van der Waals surface area contributed by atoms with E-state index in [4.69, 9.17) is 16.3 Å². The Bertz CT molecular complexity index is 1020. The molecular weight excluding hydrogens is 424 g/mol. The lowest BCUT2D eigenvalue weighted by molar-refractivity contribution is 0.0947. The number of rotatable bonds is 9. The van der Waals surface area contributed by atoms with Gasteiger partial charge in [-0.25, -0.2) is 8.42 Å². The Morgan fingerprint density at radius 2 is 1.83 bits per heavy atom. The summed E-state index contributed by atoms with van der Waals surface area (Å²) in [5, 5.41) is 2.86. The van der Waals surface area contributed by atoms with Crippen molar-refractivity contribution in [1.29, 1.82) is 0 Å². The highest BCUT2D eigenvalue weighted by Gasteiger charge is 2.25. The summed E-state index contributed by atoms with van der Waals surface area (Å²) in [7, 11) is -3.76. The third-order valence-electron chi connectivity index (χ3n) is 5.24. The zero-order valence-corrected chi connectivity index (χ0v) is 18.9. The Labute approximate surface area is 183 Å². The number of halogens is 1. The van der Waals surface area contributed by atoms with Crippen LogP contribution in [0.3, 0.4) is 0 Å². The van der Waals surface area contributed by atoms with Gasteiger partial charge in [0.25, 0.3) is 5.91 Å². The van der Waals surface area contributed by atoms with E-state index in [1.807, 2.05) is 6.07 Å². The summed E-state index contributed by atoms with van der Waals surface area (Å²) in [4.78, 5) is 12.4. The lowest BCUT2D eigenvalue weighted by atomic mass is 10.1. The predicted octanol–water partition coefficient (Wildman–Crippen LogP) is 3.67. The van der Waals surface area contributed by atoms with Gasteiger partial charge < -0.3 is 10.1 Å². The second-order valence-corrected chi connectivity index (χ2v) is 9.44. The first-order valence-electron chi connectivity index (χ1n) is 10.2. The van der Waals surface area contributed by atoms with Crippen molar-refractivity contribution in [2.45, 2.75) is 38.0 Å². The SMILES string of the molecule is CCN(CC)S(=O)(=O)c1cc(C(=O)NCCOc2ccc3c(c2)CCC3)ccc1Cl. The number of nitrogens with zero attached hydrogens (tertiary/aromatic N) is 1. The molecule has 3 rings (SSSR count). The number of aryl methyl sites for hydroxylation is 2. The minimum absolute atomic E-state index is 0.0603. The average Bonchev–Trinajstić information content (AvgIpc) is 3.19. The highest BCUT2D eigenvalue weighted by Crippen LogP contribution is 2.27. The lowest BCUT2D eigenvalue weighted by Crippen LogP contribution is -2.31. The molecule has 0 saturated heterocycles. The maximum atomic E-state index is 12.8. The molecule has 1 N–H and O–H groups in total. The van der Waals surface area contributed by atoms with Crippen molar-refractivity contribution in [2.75, 3.05) is 26.2 Å². The Hall–Kier alpha value is -2.09. The molecule has 0 spiro atoms. The first kappa shape index (κ1) is 22.6. The number of nitrogens with one attached hydrogen (secondary N) is 1. The summed E-state index contributed by atoms with van der Waals surface area (Å²) in [6.45, 7) is 4.79. The Kier molecular flexibility index (Phi) is 7.39. The largest absolute Gasteiger partial charge is 0.492 e. The van der Waals surface area contributed by atoms with Gasteiger partial charge in [0.1, 0.15) is 17.3 Å². The topological polar surface area (TPSA) is 75.7 Å². The summed E-state index contributed by atoms with van der Waals surface area (Å²) >= 11 is 6.12. The number of carbonyl (C=O) groups is 1. The fourth-order valence-corrected chi connectivity index (χ4v) is 5.58. The molecule has 0 heterocycles. The van der Waals surface area contributed by atoms with E-state index in [1.54, 1.807) is 13.8 Å². The highest BCUT2D eigenvalue weighted by molar-refractivity contribution is 7.89. The maximum Gasteiger partial charge on any atom is 0.251 e. The molecule has 2 aromatic carbocycles. The number of amides is 1. The number of fused-ring (bicyclic) bond motifs is 1. The van der Waals surface area contributed by atoms with Crippen LogP contribution in [0.1, 0.15) is 41.8 Å². The summed E-state index contributed by atoms with van der Waals surface area (Å²) in [5.41, 5.74) is 2.95. The highest BCUT2D eigenvalue weighted by atomic mass is 35.5. The normalized spacial score (nSPS) is 13.3. The molecule has 30 heavy (non-hydrogen) atoms. The predicted molar refractivity (Wildman–Crippen MR) is 118 cm³/mol. The summed E-state index contributed by atoms with van der Waals surface area (Å²) < 4.78 is 32.6. The van der Waals surface area contributed by atoms with Crippen LogP contribution in [-0.2, 0) is 22.9 Å².